The maximum Gasteiger partial charge on any atom is 0.124 e. The third-order valence-electron chi connectivity index (χ3n) is 2.82. The molecule has 0 radical (unpaired) electrons. The van der Waals surface area contributed by atoms with E-state index in [2.05, 4.69) is 5.43 Å². The predicted octanol–water partition coefficient (Wildman–Crippen LogP) is 2.28. The topological polar surface area (TPSA) is 47.3 Å². The van der Waals surface area contributed by atoms with Crippen LogP contribution in [0.4, 0.5) is 4.39 Å². The van der Waals surface area contributed by atoms with Crippen LogP contribution in [0.1, 0.15) is 18.9 Å². The fourth-order valence-corrected chi connectivity index (χ4v) is 2.08. The molecule has 3 nitrogen and oxygen atoms in total. The molecule has 0 aliphatic rings. The van der Waals surface area contributed by atoms with Crippen molar-refractivity contribution in [2.45, 2.75) is 31.9 Å². The van der Waals surface area contributed by atoms with Crippen molar-refractivity contribution >= 4 is 11.6 Å². The number of ether oxygens (including phenoxy) is 1. The third-order valence-corrected chi connectivity index (χ3v) is 3.17. The van der Waals surface area contributed by atoms with Crippen LogP contribution in [-0.2, 0) is 11.2 Å². The van der Waals surface area contributed by atoms with Crippen LogP contribution < -0.4 is 11.3 Å². The molecule has 1 rings (SSSR count). The van der Waals surface area contributed by atoms with E-state index in [0.717, 1.165) is 12.0 Å². The minimum atomic E-state index is -0.338. The smallest absolute Gasteiger partial charge is 0.124 e. The molecule has 0 saturated heterocycles. The molecule has 0 aliphatic heterocycles. The first-order chi connectivity index (χ1) is 8.12. The fraction of sp³-hybridized carbons (Fsp3) is 0.500. The molecule has 1 aromatic carbocycles. The van der Waals surface area contributed by atoms with E-state index in [9.17, 15) is 4.39 Å². The van der Waals surface area contributed by atoms with E-state index in [-0.39, 0.29) is 18.0 Å². The third kappa shape index (κ3) is 3.92. The lowest BCUT2D eigenvalue weighted by Gasteiger charge is -2.24. The number of nitrogens with two attached hydrogens (primary N) is 1. The van der Waals surface area contributed by atoms with Gasteiger partial charge in [0.25, 0.3) is 0 Å². The molecule has 0 amide bonds. The molecule has 0 heterocycles. The van der Waals surface area contributed by atoms with Crippen molar-refractivity contribution in [3.63, 3.8) is 0 Å². The van der Waals surface area contributed by atoms with Crippen molar-refractivity contribution in [2.24, 2.45) is 5.84 Å². The minimum Gasteiger partial charge on any atom is -0.380 e. The molecule has 3 N–H and O–H groups in total. The van der Waals surface area contributed by atoms with E-state index in [0.29, 0.717) is 11.4 Å². The first-order valence-electron chi connectivity index (χ1n) is 5.55. The summed E-state index contributed by atoms with van der Waals surface area (Å²) in [5.41, 5.74) is 3.57. The van der Waals surface area contributed by atoms with Crippen LogP contribution in [0.25, 0.3) is 0 Å². The van der Waals surface area contributed by atoms with Crippen molar-refractivity contribution < 1.29 is 9.13 Å². The highest BCUT2D eigenvalue weighted by molar-refractivity contribution is 6.31. The SMILES string of the molecule is CCC(OC)C(Cc1ccc(F)cc1Cl)NN. The molecular formula is C12H18ClFN2O. The van der Waals surface area contributed by atoms with Gasteiger partial charge in [0.1, 0.15) is 5.82 Å². The molecule has 0 aliphatic carbocycles. The average molecular weight is 261 g/mol. The van der Waals surface area contributed by atoms with E-state index in [1.165, 1.54) is 12.1 Å². The minimum absolute atomic E-state index is 0.00104. The molecule has 0 aromatic heterocycles. The molecule has 0 spiro atoms. The maximum absolute atomic E-state index is 12.9. The summed E-state index contributed by atoms with van der Waals surface area (Å²) in [6.45, 7) is 2.02. The Kier molecular flexibility index (Phi) is 5.85. The largest absolute Gasteiger partial charge is 0.380 e. The van der Waals surface area contributed by atoms with Gasteiger partial charge in [-0.15, -0.1) is 0 Å². The zero-order chi connectivity index (χ0) is 12.8. The summed E-state index contributed by atoms with van der Waals surface area (Å²) in [5.74, 6) is 5.17. The van der Waals surface area contributed by atoms with Gasteiger partial charge in [0.2, 0.25) is 0 Å². The Labute approximate surface area is 106 Å². The molecule has 0 saturated carbocycles. The van der Waals surface area contributed by atoms with Gasteiger partial charge in [0, 0.05) is 12.1 Å². The Hall–Kier alpha value is -0.680. The molecule has 1 aromatic rings. The van der Waals surface area contributed by atoms with Crippen molar-refractivity contribution in [1.82, 2.24) is 5.43 Å². The van der Waals surface area contributed by atoms with Crippen LogP contribution in [0.5, 0.6) is 0 Å². The van der Waals surface area contributed by atoms with E-state index in [1.807, 2.05) is 6.92 Å². The van der Waals surface area contributed by atoms with E-state index in [1.54, 1.807) is 13.2 Å². The van der Waals surface area contributed by atoms with Crippen LogP contribution in [0.3, 0.4) is 0 Å². The summed E-state index contributed by atoms with van der Waals surface area (Å²) >= 11 is 5.97. The van der Waals surface area contributed by atoms with Gasteiger partial charge in [0.15, 0.2) is 0 Å². The normalized spacial score (nSPS) is 14.6. The zero-order valence-corrected chi connectivity index (χ0v) is 10.8. The van der Waals surface area contributed by atoms with Crippen LogP contribution in [0.15, 0.2) is 18.2 Å². The maximum atomic E-state index is 12.9. The number of rotatable bonds is 6. The first-order valence-corrected chi connectivity index (χ1v) is 5.93. The van der Waals surface area contributed by atoms with Gasteiger partial charge in [-0.2, -0.15) is 0 Å². The summed E-state index contributed by atoms with van der Waals surface area (Å²) in [5, 5.41) is 0.413. The van der Waals surface area contributed by atoms with E-state index >= 15 is 0 Å². The van der Waals surface area contributed by atoms with Gasteiger partial charge in [-0.05, 0) is 30.5 Å². The fourth-order valence-electron chi connectivity index (χ4n) is 1.84. The highest BCUT2D eigenvalue weighted by Crippen LogP contribution is 2.20. The molecular weight excluding hydrogens is 243 g/mol. The summed E-state index contributed by atoms with van der Waals surface area (Å²) in [7, 11) is 1.64. The molecule has 2 atom stereocenters. The standard InChI is InChI=1S/C12H18ClFN2O/c1-3-12(17-2)11(16-15)6-8-4-5-9(14)7-10(8)13/h4-5,7,11-12,16H,3,6,15H2,1-2H3. The number of nitrogens with one attached hydrogen (secondary N) is 1. The highest BCUT2D eigenvalue weighted by Gasteiger charge is 2.19. The Balaban J connectivity index is 2.80. The second-order valence-electron chi connectivity index (χ2n) is 3.90. The predicted molar refractivity (Wildman–Crippen MR) is 67.3 cm³/mol. The van der Waals surface area contributed by atoms with Gasteiger partial charge in [-0.25, -0.2) is 4.39 Å². The van der Waals surface area contributed by atoms with E-state index < -0.39 is 0 Å². The molecule has 17 heavy (non-hydrogen) atoms. The number of methoxy groups -OCH3 is 1. The summed E-state index contributed by atoms with van der Waals surface area (Å²) in [4.78, 5) is 0. The molecule has 2 unspecified atom stereocenters. The average Bonchev–Trinajstić information content (AvgIpc) is 2.32. The summed E-state index contributed by atoms with van der Waals surface area (Å²) in [6.07, 6.45) is 1.44. The Morgan fingerprint density at radius 3 is 2.71 bits per heavy atom. The Morgan fingerprint density at radius 2 is 2.24 bits per heavy atom. The molecule has 0 bridgehead atoms. The van der Waals surface area contributed by atoms with Crippen molar-refractivity contribution in [1.29, 1.82) is 0 Å². The second kappa shape index (κ2) is 6.91. The molecule has 5 heteroatoms. The van der Waals surface area contributed by atoms with Crippen molar-refractivity contribution in [2.75, 3.05) is 7.11 Å². The number of benzene rings is 1. The van der Waals surface area contributed by atoms with Crippen LogP contribution in [0.2, 0.25) is 5.02 Å². The zero-order valence-electron chi connectivity index (χ0n) is 10.0. The first kappa shape index (κ1) is 14.4. The Bertz CT molecular complexity index is 358. The lowest BCUT2D eigenvalue weighted by molar-refractivity contribution is 0.0654. The number of hydrazine groups is 1. The lowest BCUT2D eigenvalue weighted by atomic mass is 10.00. The van der Waals surface area contributed by atoms with Gasteiger partial charge >= 0.3 is 0 Å². The van der Waals surface area contributed by atoms with Crippen LogP contribution in [-0.4, -0.2) is 19.3 Å². The molecule has 0 fully saturated rings. The van der Waals surface area contributed by atoms with Crippen LogP contribution >= 0.6 is 11.6 Å². The van der Waals surface area contributed by atoms with Gasteiger partial charge in [-0.1, -0.05) is 24.6 Å². The number of hydrogen-bond donors (Lipinski definition) is 2. The van der Waals surface area contributed by atoms with E-state index in [4.69, 9.17) is 22.2 Å². The molecule has 96 valence electrons. The second-order valence-corrected chi connectivity index (χ2v) is 4.30. The van der Waals surface area contributed by atoms with Crippen molar-refractivity contribution in [3.8, 4) is 0 Å². The Morgan fingerprint density at radius 1 is 1.53 bits per heavy atom. The highest BCUT2D eigenvalue weighted by atomic mass is 35.5. The quantitative estimate of drug-likeness (QED) is 0.609. The van der Waals surface area contributed by atoms with Gasteiger partial charge in [-0.3, -0.25) is 11.3 Å². The lowest BCUT2D eigenvalue weighted by Crippen LogP contribution is -2.46. The monoisotopic (exact) mass is 260 g/mol. The summed E-state index contributed by atoms with van der Waals surface area (Å²) < 4.78 is 18.2. The number of hydrogen-bond acceptors (Lipinski definition) is 3. The van der Waals surface area contributed by atoms with Crippen LogP contribution in [0, 0.1) is 5.82 Å². The van der Waals surface area contributed by atoms with Gasteiger partial charge < -0.3 is 4.74 Å². The summed E-state index contributed by atoms with van der Waals surface area (Å²) in [6, 6.07) is 4.32. The van der Waals surface area contributed by atoms with Crippen molar-refractivity contribution in [3.05, 3.63) is 34.6 Å². The number of halogens is 2. The van der Waals surface area contributed by atoms with Gasteiger partial charge in [0.05, 0.1) is 12.1 Å².